The molecule has 0 aliphatic heterocycles. The van der Waals surface area contributed by atoms with Crippen LogP contribution in [0.4, 0.5) is 5.69 Å². The first-order valence-corrected chi connectivity index (χ1v) is 5.08. The monoisotopic (exact) mass is 246 g/mol. The Balaban J connectivity index is 2.25. The Kier molecular flexibility index (Phi) is 3.05. The van der Waals surface area contributed by atoms with Gasteiger partial charge in [-0.15, -0.1) is 0 Å². The number of H-pyrrole nitrogens is 1. The molecule has 0 aliphatic rings. The number of aromatic carboxylic acids is 1. The fourth-order valence-corrected chi connectivity index (χ4v) is 1.50. The Morgan fingerprint density at radius 3 is 2.78 bits per heavy atom. The molecule has 2 aromatic heterocycles. The lowest BCUT2D eigenvalue weighted by Crippen LogP contribution is -2.15. The van der Waals surface area contributed by atoms with Gasteiger partial charge in [0.15, 0.2) is 0 Å². The summed E-state index contributed by atoms with van der Waals surface area (Å²) in [6.45, 7) is 1.61. The minimum absolute atomic E-state index is 0.0345. The summed E-state index contributed by atoms with van der Waals surface area (Å²) >= 11 is 0. The number of aryl methyl sites for hydroxylation is 1. The molecule has 7 heteroatoms. The Morgan fingerprint density at radius 1 is 1.39 bits per heavy atom. The molecule has 0 aromatic carbocycles. The lowest BCUT2D eigenvalue weighted by molar-refractivity contribution is 0.0697. The summed E-state index contributed by atoms with van der Waals surface area (Å²) in [5.41, 5.74) is 0.826. The molecule has 0 fully saturated rings. The van der Waals surface area contributed by atoms with E-state index in [0.29, 0.717) is 5.69 Å². The van der Waals surface area contributed by atoms with Crippen LogP contribution < -0.4 is 5.32 Å². The molecule has 2 rings (SSSR count). The minimum atomic E-state index is -1.11. The number of rotatable bonds is 3. The molecule has 2 aromatic rings. The minimum Gasteiger partial charge on any atom is -0.478 e. The molecule has 0 saturated carbocycles. The van der Waals surface area contributed by atoms with Crippen molar-refractivity contribution in [3.63, 3.8) is 0 Å². The average molecular weight is 246 g/mol. The Hall–Kier alpha value is -2.70. The van der Waals surface area contributed by atoms with Crippen molar-refractivity contribution in [3.05, 3.63) is 41.7 Å². The van der Waals surface area contributed by atoms with Crippen LogP contribution in [0.5, 0.6) is 0 Å². The molecule has 18 heavy (non-hydrogen) atoms. The van der Waals surface area contributed by atoms with Crippen molar-refractivity contribution < 1.29 is 14.7 Å². The third kappa shape index (κ3) is 2.19. The van der Waals surface area contributed by atoms with Gasteiger partial charge in [-0.2, -0.15) is 0 Å². The van der Waals surface area contributed by atoms with Crippen molar-refractivity contribution in [1.82, 2.24) is 15.0 Å². The summed E-state index contributed by atoms with van der Waals surface area (Å²) in [6.07, 6.45) is 5.55. The van der Waals surface area contributed by atoms with Crippen molar-refractivity contribution >= 4 is 17.6 Å². The third-order valence-corrected chi connectivity index (χ3v) is 2.34. The van der Waals surface area contributed by atoms with Gasteiger partial charge < -0.3 is 15.4 Å². The Bertz CT molecular complexity index is 592. The molecule has 3 N–H and O–H groups in total. The number of aromatic amines is 1. The van der Waals surface area contributed by atoms with E-state index >= 15 is 0 Å². The standard InChI is InChI=1S/C11H10N4O3/c1-6-9(11(17)18)7(5-14-6)15-10(16)8-4-12-2-3-13-8/h2-5,14H,1H3,(H,15,16)(H,17,18). The van der Waals surface area contributed by atoms with Gasteiger partial charge in [0.25, 0.3) is 5.91 Å². The molecular formula is C11H10N4O3. The van der Waals surface area contributed by atoms with Crippen LogP contribution in [0.15, 0.2) is 24.8 Å². The van der Waals surface area contributed by atoms with Crippen LogP contribution in [0.1, 0.15) is 26.5 Å². The van der Waals surface area contributed by atoms with Crippen LogP contribution in [0.2, 0.25) is 0 Å². The topological polar surface area (TPSA) is 108 Å². The number of carbonyl (C=O) groups excluding carboxylic acids is 1. The van der Waals surface area contributed by atoms with Crippen LogP contribution in [-0.2, 0) is 0 Å². The maximum Gasteiger partial charge on any atom is 0.339 e. The summed E-state index contributed by atoms with van der Waals surface area (Å²) in [5, 5.41) is 11.5. The number of aromatic nitrogens is 3. The predicted molar refractivity (Wildman–Crippen MR) is 62.5 cm³/mol. The molecule has 0 radical (unpaired) electrons. The highest BCUT2D eigenvalue weighted by atomic mass is 16.4. The molecule has 0 aliphatic carbocycles. The Labute approximate surface area is 102 Å². The van der Waals surface area contributed by atoms with Gasteiger partial charge in [-0.05, 0) is 6.92 Å². The molecule has 0 bridgehead atoms. The highest BCUT2D eigenvalue weighted by molar-refractivity contribution is 6.07. The average Bonchev–Trinajstić information content (AvgIpc) is 2.71. The smallest absolute Gasteiger partial charge is 0.339 e. The summed E-state index contributed by atoms with van der Waals surface area (Å²) in [6, 6.07) is 0. The van der Waals surface area contributed by atoms with Crippen LogP contribution >= 0.6 is 0 Å². The second kappa shape index (κ2) is 4.66. The quantitative estimate of drug-likeness (QED) is 0.750. The van der Waals surface area contributed by atoms with Gasteiger partial charge in [-0.25, -0.2) is 9.78 Å². The number of hydrogen-bond donors (Lipinski definition) is 3. The van der Waals surface area contributed by atoms with Crippen molar-refractivity contribution in [2.75, 3.05) is 5.32 Å². The summed E-state index contributed by atoms with van der Waals surface area (Å²) in [5.74, 6) is -1.62. The number of anilines is 1. The van der Waals surface area contributed by atoms with Crippen LogP contribution in [-0.4, -0.2) is 31.9 Å². The first kappa shape index (κ1) is 11.8. The normalized spacial score (nSPS) is 10.1. The fourth-order valence-electron chi connectivity index (χ4n) is 1.50. The molecule has 0 unspecified atom stereocenters. The van der Waals surface area contributed by atoms with E-state index in [0.717, 1.165) is 0 Å². The number of carbonyl (C=O) groups is 2. The molecule has 0 spiro atoms. The van der Waals surface area contributed by atoms with E-state index in [2.05, 4.69) is 20.3 Å². The van der Waals surface area contributed by atoms with E-state index in [9.17, 15) is 9.59 Å². The van der Waals surface area contributed by atoms with E-state index in [1.165, 1.54) is 24.8 Å². The lowest BCUT2D eigenvalue weighted by atomic mass is 10.2. The molecule has 0 atom stereocenters. The van der Waals surface area contributed by atoms with Crippen molar-refractivity contribution in [2.24, 2.45) is 0 Å². The van der Waals surface area contributed by atoms with Crippen LogP contribution in [0, 0.1) is 6.92 Å². The highest BCUT2D eigenvalue weighted by Crippen LogP contribution is 2.19. The zero-order chi connectivity index (χ0) is 13.1. The maximum atomic E-state index is 11.8. The van der Waals surface area contributed by atoms with Crippen molar-refractivity contribution in [1.29, 1.82) is 0 Å². The second-order valence-corrected chi connectivity index (χ2v) is 3.55. The van der Waals surface area contributed by atoms with Gasteiger partial charge in [0.2, 0.25) is 0 Å². The summed E-state index contributed by atoms with van der Waals surface area (Å²) < 4.78 is 0. The van der Waals surface area contributed by atoms with Gasteiger partial charge in [-0.3, -0.25) is 9.78 Å². The number of nitrogens with one attached hydrogen (secondary N) is 2. The molecular weight excluding hydrogens is 236 g/mol. The Morgan fingerprint density at radius 2 is 2.17 bits per heavy atom. The molecule has 7 nitrogen and oxygen atoms in total. The van der Waals surface area contributed by atoms with Gasteiger partial charge in [-0.1, -0.05) is 0 Å². The summed E-state index contributed by atoms with van der Waals surface area (Å²) in [7, 11) is 0. The number of nitrogens with zero attached hydrogens (tertiary/aromatic N) is 2. The van der Waals surface area contributed by atoms with E-state index in [4.69, 9.17) is 5.11 Å². The third-order valence-electron chi connectivity index (χ3n) is 2.34. The zero-order valence-corrected chi connectivity index (χ0v) is 9.47. The molecule has 1 amide bonds. The van der Waals surface area contributed by atoms with E-state index in [-0.39, 0.29) is 16.9 Å². The fraction of sp³-hybridized carbons (Fsp3) is 0.0909. The SMILES string of the molecule is Cc1[nH]cc(NC(=O)c2cnccn2)c1C(=O)O. The van der Waals surface area contributed by atoms with Gasteiger partial charge >= 0.3 is 5.97 Å². The molecule has 92 valence electrons. The first-order valence-electron chi connectivity index (χ1n) is 5.08. The zero-order valence-electron chi connectivity index (χ0n) is 9.47. The van der Waals surface area contributed by atoms with E-state index in [1.807, 2.05) is 0 Å². The lowest BCUT2D eigenvalue weighted by Gasteiger charge is -2.03. The molecule has 0 saturated heterocycles. The molecule has 2 heterocycles. The van der Waals surface area contributed by atoms with Crippen molar-refractivity contribution in [2.45, 2.75) is 6.92 Å². The number of carboxylic acids is 1. The van der Waals surface area contributed by atoms with Crippen molar-refractivity contribution in [3.8, 4) is 0 Å². The van der Waals surface area contributed by atoms with E-state index in [1.54, 1.807) is 6.92 Å². The highest BCUT2D eigenvalue weighted by Gasteiger charge is 2.18. The van der Waals surface area contributed by atoms with E-state index < -0.39 is 11.9 Å². The number of hydrogen-bond acceptors (Lipinski definition) is 4. The first-order chi connectivity index (χ1) is 8.59. The number of amides is 1. The van der Waals surface area contributed by atoms with Crippen LogP contribution in [0.25, 0.3) is 0 Å². The van der Waals surface area contributed by atoms with Crippen LogP contribution in [0.3, 0.4) is 0 Å². The van der Waals surface area contributed by atoms with Gasteiger partial charge in [0, 0.05) is 24.3 Å². The second-order valence-electron chi connectivity index (χ2n) is 3.55. The number of carboxylic acid groups (broad SMARTS) is 1. The summed E-state index contributed by atoms with van der Waals surface area (Å²) in [4.78, 5) is 33.1. The maximum absolute atomic E-state index is 11.8. The largest absolute Gasteiger partial charge is 0.478 e. The predicted octanol–water partition coefficient (Wildman–Crippen LogP) is 1.06. The van der Waals surface area contributed by atoms with Gasteiger partial charge in [0.05, 0.1) is 11.9 Å². The van der Waals surface area contributed by atoms with Gasteiger partial charge in [0.1, 0.15) is 11.3 Å².